The molecule has 1 aliphatic rings. The zero-order chi connectivity index (χ0) is 29.7. The molecule has 4 N–H and O–H groups in total. The van der Waals surface area contributed by atoms with Crippen LogP contribution in [0.3, 0.4) is 0 Å². The van der Waals surface area contributed by atoms with Crippen LogP contribution in [0.15, 0.2) is 18.2 Å². The first-order valence-electron chi connectivity index (χ1n) is 13.2. The summed E-state index contributed by atoms with van der Waals surface area (Å²) in [7, 11) is 0. The highest BCUT2D eigenvalue weighted by Crippen LogP contribution is 2.18. The van der Waals surface area contributed by atoms with E-state index in [9.17, 15) is 44.4 Å². The first-order chi connectivity index (χ1) is 19.1. The number of pyridine rings is 1. The number of carboxylic acid groups (broad SMARTS) is 4. The van der Waals surface area contributed by atoms with Crippen LogP contribution in [0.4, 0.5) is 0 Å². The number of hydrogen-bond acceptors (Lipinski definition) is 10. The number of aromatic nitrogens is 1. The van der Waals surface area contributed by atoms with Crippen molar-refractivity contribution in [3.63, 3.8) is 0 Å². The van der Waals surface area contributed by atoms with Crippen LogP contribution < -0.4 is 0 Å². The standard InChI is InChI=1S/C26H38N4O10/c1-2-4-20(24(34)35)29-12-10-28(21(25(36)37)7-8-23(32)33)11-13-30(22(26(38)39)9-14-40-17-31)16-19-6-3-5-18(15-29)27-19/h3,5-6,17,20-22H,2,4,7-16H2,1H3,(H,32,33)(H,34,35)(H,36,37)(H,38,39)/t20-,21-,22-/m1/s1. The van der Waals surface area contributed by atoms with Gasteiger partial charge in [0.05, 0.1) is 18.0 Å². The Morgan fingerprint density at radius 1 is 0.825 bits per heavy atom. The van der Waals surface area contributed by atoms with Crippen molar-refractivity contribution in [2.24, 2.45) is 0 Å². The van der Waals surface area contributed by atoms with Crippen LogP contribution in [-0.4, -0.2) is 121 Å². The highest BCUT2D eigenvalue weighted by Gasteiger charge is 2.32. The van der Waals surface area contributed by atoms with Crippen LogP contribution in [0.1, 0.15) is 50.4 Å². The zero-order valence-corrected chi connectivity index (χ0v) is 22.6. The van der Waals surface area contributed by atoms with E-state index in [1.165, 1.54) is 0 Å². The summed E-state index contributed by atoms with van der Waals surface area (Å²) in [5, 5.41) is 39.0. The third-order valence-electron chi connectivity index (χ3n) is 6.89. The van der Waals surface area contributed by atoms with E-state index in [0.29, 0.717) is 24.2 Å². The molecule has 0 unspecified atom stereocenters. The molecule has 2 heterocycles. The average molecular weight is 567 g/mol. The van der Waals surface area contributed by atoms with E-state index in [-0.39, 0.29) is 71.6 Å². The van der Waals surface area contributed by atoms with Crippen molar-refractivity contribution >= 4 is 30.3 Å². The molecule has 0 fully saturated rings. The summed E-state index contributed by atoms with van der Waals surface area (Å²) in [6.45, 7) is 2.64. The first kappa shape index (κ1) is 32.6. The van der Waals surface area contributed by atoms with Crippen LogP contribution in [0.25, 0.3) is 0 Å². The van der Waals surface area contributed by atoms with Gasteiger partial charge in [-0.05, 0) is 25.0 Å². The molecule has 0 amide bonds. The van der Waals surface area contributed by atoms with E-state index in [2.05, 4.69) is 4.98 Å². The van der Waals surface area contributed by atoms with Gasteiger partial charge in [-0.1, -0.05) is 19.4 Å². The van der Waals surface area contributed by atoms with Gasteiger partial charge < -0.3 is 25.2 Å². The zero-order valence-electron chi connectivity index (χ0n) is 22.6. The summed E-state index contributed by atoms with van der Waals surface area (Å²) in [6, 6.07) is 2.13. The van der Waals surface area contributed by atoms with Gasteiger partial charge in [-0.15, -0.1) is 0 Å². The summed E-state index contributed by atoms with van der Waals surface area (Å²) < 4.78 is 4.72. The number of aliphatic carboxylic acids is 4. The second kappa shape index (κ2) is 16.5. The Morgan fingerprint density at radius 3 is 1.75 bits per heavy atom. The normalized spacial score (nSPS) is 17.9. The fourth-order valence-corrected chi connectivity index (χ4v) is 4.90. The molecule has 14 nitrogen and oxygen atoms in total. The van der Waals surface area contributed by atoms with Gasteiger partial charge in [0.25, 0.3) is 6.47 Å². The largest absolute Gasteiger partial charge is 0.481 e. The molecule has 40 heavy (non-hydrogen) atoms. The maximum Gasteiger partial charge on any atom is 0.321 e. The van der Waals surface area contributed by atoms with E-state index in [1.54, 1.807) is 32.9 Å². The smallest absolute Gasteiger partial charge is 0.321 e. The van der Waals surface area contributed by atoms with Gasteiger partial charge in [-0.2, -0.15) is 0 Å². The van der Waals surface area contributed by atoms with Crippen LogP contribution >= 0.6 is 0 Å². The molecule has 1 aromatic heterocycles. The third kappa shape index (κ3) is 10.2. The summed E-state index contributed by atoms with van der Waals surface area (Å²) in [5.74, 6) is -4.54. The fraction of sp³-hybridized carbons (Fsp3) is 0.615. The van der Waals surface area contributed by atoms with Gasteiger partial charge in [0.15, 0.2) is 0 Å². The molecule has 2 bridgehead atoms. The third-order valence-corrected chi connectivity index (χ3v) is 6.89. The van der Waals surface area contributed by atoms with Crippen molar-refractivity contribution in [2.45, 2.75) is 70.2 Å². The minimum Gasteiger partial charge on any atom is -0.481 e. The van der Waals surface area contributed by atoms with Crippen molar-refractivity contribution in [1.29, 1.82) is 0 Å². The molecule has 0 radical (unpaired) electrons. The first-order valence-corrected chi connectivity index (χ1v) is 13.2. The topological polar surface area (TPSA) is 198 Å². The number of rotatable bonds is 15. The van der Waals surface area contributed by atoms with Crippen molar-refractivity contribution in [1.82, 2.24) is 19.7 Å². The lowest BCUT2D eigenvalue weighted by molar-refractivity contribution is -0.148. The van der Waals surface area contributed by atoms with Gasteiger partial charge >= 0.3 is 23.9 Å². The molecule has 14 heteroatoms. The van der Waals surface area contributed by atoms with Gasteiger partial charge in [0.2, 0.25) is 0 Å². The van der Waals surface area contributed by atoms with Crippen LogP contribution in [0, 0.1) is 0 Å². The Bertz CT molecular complexity index is 1020. The van der Waals surface area contributed by atoms with Crippen LogP contribution in [-0.2, 0) is 41.8 Å². The highest BCUT2D eigenvalue weighted by atomic mass is 16.5. The van der Waals surface area contributed by atoms with Gasteiger partial charge in [-0.25, -0.2) is 0 Å². The number of carbonyl (C=O) groups is 5. The number of fused-ring (bicyclic) bond motifs is 2. The molecule has 0 saturated heterocycles. The predicted octanol–water partition coefficient (Wildman–Crippen LogP) is 0.589. The Kier molecular flexibility index (Phi) is 13.4. The second-order valence-corrected chi connectivity index (χ2v) is 9.64. The number of nitrogens with zero attached hydrogens (tertiary/aromatic N) is 4. The SMILES string of the molecule is CCC[C@H](C(=O)O)N1CCN([C@H](CCC(=O)O)C(=O)O)CCN([C@H](CCOC=O)C(=O)O)Cc2cccc(n2)C1. The molecular formula is C26H38N4O10. The number of ether oxygens (including phenoxy) is 1. The minimum absolute atomic E-state index is 0.0137. The predicted molar refractivity (Wildman–Crippen MR) is 139 cm³/mol. The Morgan fingerprint density at radius 2 is 1.30 bits per heavy atom. The molecule has 222 valence electrons. The quantitative estimate of drug-likeness (QED) is 0.170. The van der Waals surface area contributed by atoms with Crippen LogP contribution in [0.5, 0.6) is 0 Å². The Labute approximate surface area is 232 Å². The van der Waals surface area contributed by atoms with Crippen molar-refractivity contribution in [3.8, 4) is 0 Å². The number of hydrogen-bond donors (Lipinski definition) is 4. The van der Waals surface area contributed by atoms with E-state index in [4.69, 9.17) is 4.74 Å². The minimum atomic E-state index is -1.23. The van der Waals surface area contributed by atoms with E-state index >= 15 is 0 Å². The van der Waals surface area contributed by atoms with Crippen molar-refractivity contribution in [3.05, 3.63) is 29.6 Å². The maximum atomic E-state index is 12.2. The van der Waals surface area contributed by atoms with Gasteiger partial charge in [-0.3, -0.25) is 43.7 Å². The van der Waals surface area contributed by atoms with Crippen molar-refractivity contribution < 1.29 is 49.1 Å². The van der Waals surface area contributed by atoms with Gasteiger partial charge in [0, 0.05) is 52.1 Å². The molecule has 1 aromatic rings. The lowest BCUT2D eigenvalue weighted by Crippen LogP contribution is -2.52. The highest BCUT2D eigenvalue weighted by molar-refractivity contribution is 5.75. The Balaban J connectivity index is 2.52. The Hall–Kier alpha value is -3.62. The molecular weight excluding hydrogens is 528 g/mol. The molecule has 0 spiro atoms. The maximum absolute atomic E-state index is 12.2. The summed E-state index contributed by atoms with van der Waals surface area (Å²) in [6.07, 6.45) is 0.399. The molecule has 0 aliphatic carbocycles. The monoisotopic (exact) mass is 566 g/mol. The molecule has 1 aliphatic heterocycles. The van der Waals surface area contributed by atoms with E-state index in [0.717, 1.165) is 0 Å². The fourth-order valence-electron chi connectivity index (χ4n) is 4.90. The average Bonchev–Trinajstić information content (AvgIpc) is 2.88. The summed E-state index contributed by atoms with van der Waals surface area (Å²) in [4.78, 5) is 68.0. The van der Waals surface area contributed by atoms with E-state index < -0.39 is 42.0 Å². The molecule has 2 rings (SSSR count). The summed E-state index contributed by atoms with van der Waals surface area (Å²) >= 11 is 0. The number of carboxylic acids is 4. The van der Waals surface area contributed by atoms with Gasteiger partial charge in [0.1, 0.15) is 18.1 Å². The van der Waals surface area contributed by atoms with Crippen LogP contribution in [0.2, 0.25) is 0 Å². The molecule has 3 atom stereocenters. The lowest BCUT2D eigenvalue weighted by Gasteiger charge is -2.36. The lowest BCUT2D eigenvalue weighted by atomic mass is 10.1. The second-order valence-electron chi connectivity index (χ2n) is 9.64. The summed E-state index contributed by atoms with van der Waals surface area (Å²) in [5.41, 5.74) is 1.11. The molecule has 0 saturated carbocycles. The number of carbonyl (C=O) groups excluding carboxylic acids is 1. The molecule has 0 aromatic carbocycles. The van der Waals surface area contributed by atoms with Crippen molar-refractivity contribution in [2.75, 3.05) is 32.8 Å². The van der Waals surface area contributed by atoms with E-state index in [1.807, 2.05) is 6.92 Å².